The number of hydrogen-bond donors (Lipinski definition) is 2. The van der Waals surface area contributed by atoms with Gasteiger partial charge < -0.3 is 20.3 Å². The van der Waals surface area contributed by atoms with Gasteiger partial charge in [0.2, 0.25) is 0 Å². The lowest BCUT2D eigenvalue weighted by atomic mass is 10.0. The Balaban J connectivity index is 3.11. The highest BCUT2D eigenvalue weighted by Crippen LogP contribution is 2.36. The van der Waals surface area contributed by atoms with E-state index in [1.54, 1.807) is 12.1 Å². The van der Waals surface area contributed by atoms with E-state index in [9.17, 15) is 4.79 Å². The molecule has 0 fully saturated rings. The summed E-state index contributed by atoms with van der Waals surface area (Å²) in [6.07, 6.45) is -0.145. The Kier molecular flexibility index (Phi) is 4.77. The first-order valence-corrected chi connectivity index (χ1v) is 5.67. The summed E-state index contributed by atoms with van der Waals surface area (Å²) in [6, 6.07) is 2.79. The van der Waals surface area contributed by atoms with Crippen LogP contribution in [0.25, 0.3) is 0 Å². The van der Waals surface area contributed by atoms with E-state index < -0.39 is 12.0 Å². The molecule has 1 atom stereocenters. The molecule has 0 saturated carbocycles. The van der Waals surface area contributed by atoms with Gasteiger partial charge in [0.25, 0.3) is 0 Å². The number of carboxylic acid groups (broad SMARTS) is 1. The quantitative estimate of drug-likeness (QED) is 0.869. The van der Waals surface area contributed by atoms with Crippen molar-refractivity contribution < 1.29 is 19.4 Å². The summed E-state index contributed by atoms with van der Waals surface area (Å²) in [4.78, 5) is 10.6. The molecule has 1 rings (SSSR count). The fourth-order valence-electron chi connectivity index (χ4n) is 1.45. The molecule has 5 nitrogen and oxygen atoms in total. The number of nitrogens with two attached hydrogens (primary N) is 1. The van der Waals surface area contributed by atoms with Crippen LogP contribution >= 0.6 is 15.9 Å². The van der Waals surface area contributed by atoms with E-state index in [1.807, 2.05) is 0 Å². The standard InChI is InChI=1S/C11H14BrNO4/c1-16-9-3-6(8(13)5-11(14)15)7(12)4-10(9)17-2/h3-4,8H,5,13H2,1-2H3,(H,14,15). The first kappa shape index (κ1) is 13.8. The Labute approximate surface area is 108 Å². The summed E-state index contributed by atoms with van der Waals surface area (Å²) in [5.41, 5.74) is 6.48. The molecule has 0 radical (unpaired) electrons. The maximum absolute atomic E-state index is 10.6. The molecule has 0 spiro atoms. The van der Waals surface area contributed by atoms with Crippen LogP contribution in [0.4, 0.5) is 0 Å². The van der Waals surface area contributed by atoms with Crippen molar-refractivity contribution in [1.82, 2.24) is 0 Å². The molecule has 0 saturated heterocycles. The maximum atomic E-state index is 10.6. The second kappa shape index (κ2) is 5.88. The third kappa shape index (κ3) is 3.34. The summed E-state index contributed by atoms with van der Waals surface area (Å²) in [5.74, 6) is 0.136. The van der Waals surface area contributed by atoms with Gasteiger partial charge >= 0.3 is 5.97 Å². The Morgan fingerprint density at radius 1 is 1.41 bits per heavy atom. The molecule has 94 valence electrons. The van der Waals surface area contributed by atoms with Crippen molar-refractivity contribution in [3.05, 3.63) is 22.2 Å². The van der Waals surface area contributed by atoms with Gasteiger partial charge in [0.15, 0.2) is 11.5 Å². The van der Waals surface area contributed by atoms with Crippen LogP contribution in [0.1, 0.15) is 18.0 Å². The zero-order valence-corrected chi connectivity index (χ0v) is 11.2. The Morgan fingerprint density at radius 2 is 1.94 bits per heavy atom. The van der Waals surface area contributed by atoms with Crippen molar-refractivity contribution in [2.75, 3.05) is 14.2 Å². The molecule has 3 N–H and O–H groups in total. The van der Waals surface area contributed by atoms with E-state index in [1.165, 1.54) is 14.2 Å². The number of aliphatic carboxylic acids is 1. The van der Waals surface area contributed by atoms with Crippen LogP contribution in [0.2, 0.25) is 0 Å². The van der Waals surface area contributed by atoms with Crippen molar-refractivity contribution in [2.45, 2.75) is 12.5 Å². The average Bonchev–Trinajstić information content (AvgIpc) is 2.27. The fourth-order valence-corrected chi connectivity index (χ4v) is 2.07. The minimum atomic E-state index is -0.945. The molecule has 0 aliphatic rings. The van der Waals surface area contributed by atoms with Crippen LogP contribution in [0, 0.1) is 0 Å². The van der Waals surface area contributed by atoms with E-state index in [0.29, 0.717) is 21.5 Å². The Bertz CT molecular complexity index is 422. The lowest BCUT2D eigenvalue weighted by molar-refractivity contribution is -0.137. The molecular formula is C11H14BrNO4. The highest BCUT2D eigenvalue weighted by molar-refractivity contribution is 9.10. The molecule has 1 aromatic carbocycles. The molecule has 17 heavy (non-hydrogen) atoms. The summed E-state index contributed by atoms with van der Waals surface area (Å²) in [5, 5.41) is 8.71. The zero-order valence-electron chi connectivity index (χ0n) is 9.57. The molecule has 0 amide bonds. The van der Waals surface area contributed by atoms with Gasteiger partial charge in [0.05, 0.1) is 20.6 Å². The number of hydrogen-bond acceptors (Lipinski definition) is 4. The van der Waals surface area contributed by atoms with E-state index >= 15 is 0 Å². The first-order valence-electron chi connectivity index (χ1n) is 4.88. The molecule has 6 heteroatoms. The predicted molar refractivity (Wildman–Crippen MR) is 66.4 cm³/mol. The molecular weight excluding hydrogens is 290 g/mol. The number of halogens is 1. The zero-order chi connectivity index (χ0) is 13.0. The van der Waals surface area contributed by atoms with E-state index in [-0.39, 0.29) is 6.42 Å². The highest BCUT2D eigenvalue weighted by atomic mass is 79.9. The largest absolute Gasteiger partial charge is 0.493 e. The van der Waals surface area contributed by atoms with Gasteiger partial charge in [-0.25, -0.2) is 0 Å². The third-order valence-electron chi connectivity index (χ3n) is 2.30. The minimum Gasteiger partial charge on any atom is -0.493 e. The molecule has 0 aliphatic heterocycles. The van der Waals surface area contributed by atoms with Gasteiger partial charge in [-0.3, -0.25) is 4.79 Å². The normalized spacial score (nSPS) is 12.0. The monoisotopic (exact) mass is 303 g/mol. The molecule has 0 aliphatic carbocycles. The van der Waals surface area contributed by atoms with Gasteiger partial charge in [-0.1, -0.05) is 15.9 Å². The second-order valence-electron chi connectivity index (χ2n) is 3.43. The van der Waals surface area contributed by atoms with Crippen molar-refractivity contribution in [2.24, 2.45) is 5.73 Å². The Hall–Kier alpha value is -1.27. The van der Waals surface area contributed by atoms with Crippen LogP contribution in [-0.2, 0) is 4.79 Å². The number of benzene rings is 1. The van der Waals surface area contributed by atoms with Crippen molar-refractivity contribution in [3.8, 4) is 11.5 Å². The number of methoxy groups -OCH3 is 2. The smallest absolute Gasteiger partial charge is 0.305 e. The molecule has 1 aromatic rings. The molecule has 0 bridgehead atoms. The number of ether oxygens (including phenoxy) is 2. The topological polar surface area (TPSA) is 81.8 Å². The SMILES string of the molecule is COc1cc(Br)c(C(N)CC(=O)O)cc1OC. The van der Waals surface area contributed by atoms with Gasteiger partial charge in [-0.15, -0.1) is 0 Å². The average molecular weight is 304 g/mol. The molecule has 0 heterocycles. The first-order chi connectivity index (χ1) is 7.99. The minimum absolute atomic E-state index is 0.145. The summed E-state index contributed by atoms with van der Waals surface area (Å²) in [6.45, 7) is 0. The maximum Gasteiger partial charge on any atom is 0.305 e. The van der Waals surface area contributed by atoms with Crippen molar-refractivity contribution in [3.63, 3.8) is 0 Å². The summed E-state index contributed by atoms with van der Waals surface area (Å²) in [7, 11) is 3.04. The number of carboxylic acids is 1. The second-order valence-corrected chi connectivity index (χ2v) is 4.29. The van der Waals surface area contributed by atoms with Crippen molar-refractivity contribution >= 4 is 21.9 Å². The lowest BCUT2D eigenvalue weighted by Crippen LogP contribution is -2.15. The fraction of sp³-hybridized carbons (Fsp3) is 0.364. The molecule has 1 unspecified atom stereocenters. The summed E-state index contributed by atoms with van der Waals surface area (Å²) >= 11 is 3.33. The van der Waals surface area contributed by atoms with E-state index in [2.05, 4.69) is 15.9 Å². The van der Waals surface area contributed by atoms with Gasteiger partial charge in [0, 0.05) is 10.5 Å². The summed E-state index contributed by atoms with van der Waals surface area (Å²) < 4.78 is 11.0. The molecule has 0 aromatic heterocycles. The van der Waals surface area contributed by atoms with Gasteiger partial charge in [-0.2, -0.15) is 0 Å². The van der Waals surface area contributed by atoms with E-state index in [4.69, 9.17) is 20.3 Å². The number of rotatable bonds is 5. The van der Waals surface area contributed by atoms with E-state index in [0.717, 1.165) is 0 Å². The van der Waals surface area contributed by atoms with Crippen LogP contribution in [-0.4, -0.2) is 25.3 Å². The lowest BCUT2D eigenvalue weighted by Gasteiger charge is -2.15. The van der Waals surface area contributed by atoms with Gasteiger partial charge in [0.1, 0.15) is 0 Å². The van der Waals surface area contributed by atoms with Crippen molar-refractivity contribution in [1.29, 1.82) is 0 Å². The van der Waals surface area contributed by atoms with Crippen LogP contribution < -0.4 is 15.2 Å². The number of carbonyl (C=O) groups is 1. The third-order valence-corrected chi connectivity index (χ3v) is 2.98. The van der Waals surface area contributed by atoms with Crippen LogP contribution in [0.3, 0.4) is 0 Å². The highest BCUT2D eigenvalue weighted by Gasteiger charge is 2.17. The van der Waals surface area contributed by atoms with Crippen LogP contribution in [0.15, 0.2) is 16.6 Å². The van der Waals surface area contributed by atoms with Gasteiger partial charge in [-0.05, 0) is 17.7 Å². The van der Waals surface area contributed by atoms with Crippen LogP contribution in [0.5, 0.6) is 11.5 Å². The Morgan fingerprint density at radius 3 is 2.41 bits per heavy atom. The predicted octanol–water partition coefficient (Wildman–Crippen LogP) is 1.94.